The van der Waals surface area contributed by atoms with Crippen LogP contribution in [0, 0.1) is 0 Å². The first-order valence-electron chi connectivity index (χ1n) is 4.89. The number of aliphatic hydroxyl groups is 1. The summed E-state index contributed by atoms with van der Waals surface area (Å²) in [7, 11) is 0. The summed E-state index contributed by atoms with van der Waals surface area (Å²) in [5, 5.41) is 13.3. The maximum Gasteiger partial charge on any atom is 0.254 e. The van der Waals surface area contributed by atoms with Gasteiger partial charge in [-0.15, -0.1) is 0 Å². The molecule has 6 nitrogen and oxygen atoms in total. The van der Waals surface area contributed by atoms with Crippen molar-refractivity contribution in [2.24, 2.45) is 5.73 Å². The van der Waals surface area contributed by atoms with Crippen LogP contribution in [0.3, 0.4) is 0 Å². The molecule has 0 bridgehead atoms. The highest BCUT2D eigenvalue weighted by atomic mass is 16.3. The zero-order chi connectivity index (χ0) is 11.7. The van der Waals surface area contributed by atoms with E-state index in [0.29, 0.717) is 11.3 Å². The molecular formula is C10H12N4O2. The highest BCUT2D eigenvalue weighted by molar-refractivity contribution is 6.00. The summed E-state index contributed by atoms with van der Waals surface area (Å²) in [5.41, 5.74) is 6.49. The Labute approximate surface area is 91.7 Å². The molecule has 0 aromatic carbocycles. The van der Waals surface area contributed by atoms with Gasteiger partial charge in [-0.3, -0.25) is 4.79 Å². The van der Waals surface area contributed by atoms with Gasteiger partial charge in [-0.25, -0.2) is 9.50 Å². The van der Waals surface area contributed by atoms with Crippen LogP contribution in [0.4, 0.5) is 0 Å². The van der Waals surface area contributed by atoms with Crippen molar-refractivity contribution in [3.63, 3.8) is 0 Å². The number of carbonyl (C=O) groups is 1. The minimum atomic E-state index is -0.580. The molecule has 0 unspecified atom stereocenters. The molecule has 0 aliphatic heterocycles. The van der Waals surface area contributed by atoms with E-state index < -0.39 is 5.91 Å². The summed E-state index contributed by atoms with van der Waals surface area (Å²) in [5.74, 6) is -0.826. The third-order valence-electron chi connectivity index (χ3n) is 2.41. The first kappa shape index (κ1) is 10.6. The first-order valence-corrected chi connectivity index (χ1v) is 4.89. The molecule has 0 saturated heterocycles. The summed E-state index contributed by atoms with van der Waals surface area (Å²) < 4.78 is 1.49. The minimum Gasteiger partial charge on any atom is -0.396 e. The number of aromatic nitrogens is 3. The molecule has 0 spiro atoms. The lowest BCUT2D eigenvalue weighted by atomic mass is 10.0. The number of fused-ring (bicyclic) bond motifs is 1. The van der Waals surface area contributed by atoms with E-state index in [1.54, 1.807) is 25.4 Å². The van der Waals surface area contributed by atoms with Crippen LogP contribution < -0.4 is 5.73 Å². The topological polar surface area (TPSA) is 93.5 Å². The fraction of sp³-hybridized carbons (Fsp3) is 0.300. The maximum absolute atomic E-state index is 11.4. The van der Waals surface area contributed by atoms with Gasteiger partial charge in [0.25, 0.3) is 5.91 Å². The van der Waals surface area contributed by atoms with Crippen molar-refractivity contribution in [2.75, 3.05) is 6.61 Å². The zero-order valence-corrected chi connectivity index (χ0v) is 8.79. The number of hydrogen-bond donors (Lipinski definition) is 2. The maximum atomic E-state index is 11.4. The van der Waals surface area contributed by atoms with E-state index in [-0.39, 0.29) is 18.1 Å². The Morgan fingerprint density at radius 2 is 2.44 bits per heavy atom. The van der Waals surface area contributed by atoms with Crippen molar-refractivity contribution in [2.45, 2.75) is 12.8 Å². The van der Waals surface area contributed by atoms with Gasteiger partial charge in [0.05, 0.1) is 12.3 Å². The van der Waals surface area contributed by atoms with Gasteiger partial charge in [0, 0.05) is 18.3 Å². The number of rotatable bonds is 3. The van der Waals surface area contributed by atoms with Crippen molar-refractivity contribution >= 4 is 11.6 Å². The van der Waals surface area contributed by atoms with Crippen molar-refractivity contribution in [1.82, 2.24) is 14.6 Å². The van der Waals surface area contributed by atoms with E-state index in [4.69, 9.17) is 10.8 Å². The molecule has 3 N–H and O–H groups in total. The molecule has 2 rings (SSSR count). The molecule has 0 fully saturated rings. The summed E-state index contributed by atoms with van der Waals surface area (Å²) in [6.07, 6.45) is 3.25. The zero-order valence-electron chi connectivity index (χ0n) is 8.79. The van der Waals surface area contributed by atoms with E-state index in [1.807, 2.05) is 0 Å². The van der Waals surface area contributed by atoms with E-state index in [9.17, 15) is 4.79 Å². The number of carbonyl (C=O) groups excluding carboxylic acids is 1. The van der Waals surface area contributed by atoms with Crippen LogP contribution in [-0.2, 0) is 0 Å². The molecule has 0 saturated carbocycles. The monoisotopic (exact) mass is 220 g/mol. The third-order valence-corrected chi connectivity index (χ3v) is 2.41. The minimum absolute atomic E-state index is 0.0931. The van der Waals surface area contributed by atoms with Crippen LogP contribution in [0.15, 0.2) is 18.5 Å². The molecule has 0 aliphatic rings. The van der Waals surface area contributed by atoms with E-state index in [0.717, 1.165) is 0 Å². The third kappa shape index (κ3) is 1.53. The Bertz CT molecular complexity index is 535. The number of primary amides is 1. The molecule has 1 atom stereocenters. The standard InChI is InChI=1S/C10H12N4O2/c1-6(5-15)8-7(9(11)16)10-12-3-2-4-14(10)13-8/h2-4,6,15H,5H2,1H3,(H2,11,16)/t6-/m0/s1. The molecule has 2 aromatic rings. The van der Waals surface area contributed by atoms with E-state index in [1.165, 1.54) is 4.52 Å². The van der Waals surface area contributed by atoms with Gasteiger partial charge < -0.3 is 10.8 Å². The fourth-order valence-corrected chi connectivity index (χ4v) is 1.57. The lowest BCUT2D eigenvalue weighted by Gasteiger charge is -2.04. The second-order valence-corrected chi connectivity index (χ2v) is 3.60. The molecule has 0 radical (unpaired) electrons. The quantitative estimate of drug-likeness (QED) is 0.756. The normalized spacial score (nSPS) is 12.9. The van der Waals surface area contributed by atoms with Gasteiger partial charge in [-0.05, 0) is 6.07 Å². The second kappa shape index (κ2) is 3.90. The van der Waals surface area contributed by atoms with E-state index in [2.05, 4.69) is 10.1 Å². The molecule has 2 heterocycles. The van der Waals surface area contributed by atoms with Gasteiger partial charge in [0.1, 0.15) is 5.56 Å². The molecule has 2 aromatic heterocycles. The predicted molar refractivity (Wildman–Crippen MR) is 57.0 cm³/mol. The summed E-state index contributed by atoms with van der Waals surface area (Å²) in [6, 6.07) is 1.71. The second-order valence-electron chi connectivity index (χ2n) is 3.60. The highest BCUT2D eigenvalue weighted by Gasteiger charge is 2.22. The fourth-order valence-electron chi connectivity index (χ4n) is 1.57. The number of amides is 1. The average molecular weight is 220 g/mol. The Balaban J connectivity index is 2.73. The lowest BCUT2D eigenvalue weighted by Crippen LogP contribution is -2.15. The van der Waals surface area contributed by atoms with Crippen LogP contribution >= 0.6 is 0 Å². The SMILES string of the molecule is C[C@@H](CO)c1nn2cccnc2c1C(N)=O. The smallest absolute Gasteiger partial charge is 0.254 e. The first-order chi connectivity index (χ1) is 7.65. The van der Waals surface area contributed by atoms with Crippen molar-refractivity contribution in [3.05, 3.63) is 29.7 Å². The van der Waals surface area contributed by atoms with Gasteiger partial charge >= 0.3 is 0 Å². The lowest BCUT2D eigenvalue weighted by molar-refractivity contribution is 0.1000. The number of nitrogens with two attached hydrogens (primary N) is 1. The Morgan fingerprint density at radius 3 is 3.06 bits per heavy atom. The number of hydrogen-bond acceptors (Lipinski definition) is 4. The van der Waals surface area contributed by atoms with Crippen molar-refractivity contribution in [3.8, 4) is 0 Å². The van der Waals surface area contributed by atoms with Crippen molar-refractivity contribution in [1.29, 1.82) is 0 Å². The number of aliphatic hydroxyl groups excluding tert-OH is 1. The number of nitrogens with zero attached hydrogens (tertiary/aromatic N) is 3. The molecule has 6 heteroatoms. The molecule has 84 valence electrons. The largest absolute Gasteiger partial charge is 0.396 e. The predicted octanol–water partition coefficient (Wildman–Crippen LogP) is -0.0760. The summed E-state index contributed by atoms with van der Waals surface area (Å²) in [6.45, 7) is 1.68. The molecular weight excluding hydrogens is 208 g/mol. The summed E-state index contributed by atoms with van der Waals surface area (Å²) >= 11 is 0. The Hall–Kier alpha value is -1.95. The van der Waals surface area contributed by atoms with Gasteiger partial charge in [-0.1, -0.05) is 6.92 Å². The Kier molecular flexibility index (Phi) is 2.57. The van der Waals surface area contributed by atoms with Crippen LogP contribution in [0.1, 0.15) is 28.9 Å². The van der Waals surface area contributed by atoms with Crippen LogP contribution in [0.5, 0.6) is 0 Å². The van der Waals surface area contributed by atoms with Crippen molar-refractivity contribution < 1.29 is 9.90 Å². The summed E-state index contributed by atoms with van der Waals surface area (Å²) in [4.78, 5) is 15.4. The highest BCUT2D eigenvalue weighted by Crippen LogP contribution is 2.20. The molecule has 0 aliphatic carbocycles. The molecule has 16 heavy (non-hydrogen) atoms. The van der Waals surface area contributed by atoms with Crippen LogP contribution in [0.2, 0.25) is 0 Å². The van der Waals surface area contributed by atoms with Gasteiger partial charge in [0.15, 0.2) is 5.65 Å². The van der Waals surface area contributed by atoms with E-state index >= 15 is 0 Å². The average Bonchev–Trinajstić information content (AvgIpc) is 2.67. The van der Waals surface area contributed by atoms with Crippen LogP contribution in [0.25, 0.3) is 5.65 Å². The van der Waals surface area contributed by atoms with Crippen LogP contribution in [-0.4, -0.2) is 32.2 Å². The van der Waals surface area contributed by atoms with Gasteiger partial charge in [-0.2, -0.15) is 5.10 Å². The molecule has 1 amide bonds. The Morgan fingerprint density at radius 1 is 1.69 bits per heavy atom. The van der Waals surface area contributed by atoms with Gasteiger partial charge in [0.2, 0.25) is 0 Å².